The summed E-state index contributed by atoms with van der Waals surface area (Å²) in [5.41, 5.74) is 3.86. The van der Waals surface area contributed by atoms with Crippen LogP contribution in [0.15, 0.2) is 54.1 Å². The number of anilines is 1. The van der Waals surface area contributed by atoms with Crippen LogP contribution in [0.5, 0.6) is 0 Å². The molecule has 1 heterocycles. The van der Waals surface area contributed by atoms with Gasteiger partial charge in [-0.3, -0.25) is 9.59 Å². The lowest BCUT2D eigenvalue weighted by Crippen LogP contribution is -2.48. The zero-order chi connectivity index (χ0) is 24.0. The first-order chi connectivity index (χ1) is 15.9. The first-order valence-corrected chi connectivity index (χ1v) is 11.2. The minimum absolute atomic E-state index is 0.0204. The van der Waals surface area contributed by atoms with Gasteiger partial charge in [0.15, 0.2) is 5.78 Å². The Balaban J connectivity index is 1.95. The second kappa shape index (κ2) is 10.8. The van der Waals surface area contributed by atoms with Crippen LogP contribution in [0, 0.1) is 6.92 Å². The Bertz CT molecular complexity index is 1050. The van der Waals surface area contributed by atoms with Crippen LogP contribution in [-0.4, -0.2) is 67.3 Å². The summed E-state index contributed by atoms with van der Waals surface area (Å²) in [6, 6.07) is 15.1. The van der Waals surface area contributed by atoms with Crippen LogP contribution >= 0.6 is 0 Å². The van der Waals surface area contributed by atoms with Crippen LogP contribution in [0.1, 0.15) is 35.3 Å². The molecule has 1 N–H and O–H groups in total. The number of aryl methyl sites for hydroxylation is 1. The Hall–Kier alpha value is -3.61. The van der Waals surface area contributed by atoms with E-state index >= 15 is 0 Å². The lowest BCUT2D eigenvalue weighted by Gasteiger charge is -2.38. The predicted octanol–water partition coefficient (Wildman–Crippen LogP) is 3.36. The number of para-hydroxylation sites is 1. The second-order valence-corrected chi connectivity index (χ2v) is 7.94. The SMILES string of the molecule is CCOC(=O)/C(C(C)=O)=C(/c1ccccc1NC)N1CCN(C(=O)c2ccc(C)cc2)CC1. The van der Waals surface area contributed by atoms with Gasteiger partial charge in [-0.2, -0.15) is 0 Å². The molecule has 1 aliphatic heterocycles. The molecule has 1 fully saturated rings. The molecule has 0 saturated carbocycles. The van der Waals surface area contributed by atoms with Crippen molar-refractivity contribution in [1.29, 1.82) is 0 Å². The Kier molecular flexibility index (Phi) is 7.87. The van der Waals surface area contributed by atoms with Gasteiger partial charge in [-0.15, -0.1) is 0 Å². The van der Waals surface area contributed by atoms with Crippen LogP contribution in [-0.2, 0) is 14.3 Å². The van der Waals surface area contributed by atoms with Crippen molar-refractivity contribution in [2.45, 2.75) is 20.8 Å². The van der Waals surface area contributed by atoms with E-state index in [2.05, 4.69) is 5.32 Å². The van der Waals surface area contributed by atoms with Gasteiger partial charge in [0.05, 0.1) is 12.3 Å². The molecule has 33 heavy (non-hydrogen) atoms. The summed E-state index contributed by atoms with van der Waals surface area (Å²) in [6.45, 7) is 7.19. The Morgan fingerprint density at radius 2 is 1.55 bits per heavy atom. The van der Waals surface area contributed by atoms with Crippen LogP contribution < -0.4 is 5.32 Å². The van der Waals surface area contributed by atoms with Crippen molar-refractivity contribution < 1.29 is 19.1 Å². The van der Waals surface area contributed by atoms with Crippen LogP contribution in [0.3, 0.4) is 0 Å². The van der Waals surface area contributed by atoms with E-state index in [1.165, 1.54) is 6.92 Å². The lowest BCUT2D eigenvalue weighted by atomic mass is 9.99. The molecule has 0 atom stereocenters. The summed E-state index contributed by atoms with van der Waals surface area (Å²) in [4.78, 5) is 42.2. The molecule has 0 aromatic heterocycles. The van der Waals surface area contributed by atoms with E-state index in [4.69, 9.17) is 4.74 Å². The van der Waals surface area contributed by atoms with Crippen molar-refractivity contribution in [2.24, 2.45) is 0 Å². The molecule has 7 nitrogen and oxygen atoms in total. The molecule has 1 saturated heterocycles. The van der Waals surface area contributed by atoms with Gasteiger partial charge in [0.1, 0.15) is 5.57 Å². The van der Waals surface area contributed by atoms with Gasteiger partial charge in [0.25, 0.3) is 5.91 Å². The average molecular weight is 450 g/mol. The zero-order valence-electron chi connectivity index (χ0n) is 19.7. The number of benzene rings is 2. The number of hydrogen-bond donors (Lipinski definition) is 1. The largest absolute Gasteiger partial charge is 0.462 e. The lowest BCUT2D eigenvalue weighted by molar-refractivity contribution is -0.139. The Morgan fingerprint density at radius 1 is 0.939 bits per heavy atom. The minimum atomic E-state index is -0.635. The van der Waals surface area contributed by atoms with E-state index in [0.717, 1.165) is 16.8 Å². The molecular formula is C26H31N3O4. The van der Waals surface area contributed by atoms with Crippen LogP contribution in [0.25, 0.3) is 5.70 Å². The fraction of sp³-hybridized carbons (Fsp3) is 0.346. The standard InChI is InChI=1S/C26H31N3O4/c1-5-33-26(32)23(19(3)30)24(21-8-6-7-9-22(21)27-4)28-14-16-29(17-15-28)25(31)20-12-10-18(2)11-13-20/h6-13,27H,5,14-17H2,1-4H3/b24-23-. The molecule has 0 spiro atoms. The van der Waals surface area contributed by atoms with Gasteiger partial charge >= 0.3 is 5.97 Å². The third-order valence-electron chi connectivity index (χ3n) is 5.70. The van der Waals surface area contributed by atoms with Gasteiger partial charge in [-0.05, 0) is 39.0 Å². The van der Waals surface area contributed by atoms with Gasteiger partial charge in [-0.25, -0.2) is 4.79 Å². The molecule has 1 amide bonds. The third kappa shape index (κ3) is 5.42. The minimum Gasteiger partial charge on any atom is -0.462 e. The Morgan fingerprint density at radius 3 is 2.12 bits per heavy atom. The molecule has 174 valence electrons. The van der Waals surface area contributed by atoms with E-state index in [1.54, 1.807) is 18.9 Å². The van der Waals surface area contributed by atoms with Crippen molar-refractivity contribution in [3.8, 4) is 0 Å². The molecule has 2 aromatic carbocycles. The summed E-state index contributed by atoms with van der Waals surface area (Å²) in [6.07, 6.45) is 0. The van der Waals surface area contributed by atoms with E-state index < -0.39 is 5.97 Å². The van der Waals surface area contributed by atoms with Crippen molar-refractivity contribution in [2.75, 3.05) is 45.2 Å². The van der Waals surface area contributed by atoms with E-state index in [1.807, 2.05) is 60.4 Å². The highest BCUT2D eigenvalue weighted by atomic mass is 16.5. The average Bonchev–Trinajstić information content (AvgIpc) is 2.82. The summed E-state index contributed by atoms with van der Waals surface area (Å²) in [5.74, 6) is -1.01. The van der Waals surface area contributed by atoms with Crippen molar-refractivity contribution in [3.05, 3.63) is 70.8 Å². The number of hydrogen-bond acceptors (Lipinski definition) is 6. The summed E-state index contributed by atoms with van der Waals surface area (Å²) >= 11 is 0. The molecule has 7 heteroatoms. The predicted molar refractivity (Wildman–Crippen MR) is 129 cm³/mol. The van der Waals surface area contributed by atoms with Gasteiger partial charge in [0.2, 0.25) is 0 Å². The zero-order valence-corrected chi connectivity index (χ0v) is 19.7. The maximum Gasteiger partial charge on any atom is 0.343 e. The molecule has 2 aromatic rings. The molecule has 0 radical (unpaired) electrons. The number of Topliss-reactive ketones (excluding diaryl/α,β-unsaturated/α-hetero) is 1. The van der Waals surface area contributed by atoms with E-state index in [9.17, 15) is 14.4 Å². The van der Waals surface area contributed by atoms with Crippen molar-refractivity contribution in [1.82, 2.24) is 9.80 Å². The fourth-order valence-corrected chi connectivity index (χ4v) is 3.99. The number of nitrogens with one attached hydrogen (secondary N) is 1. The van der Waals surface area contributed by atoms with E-state index in [-0.39, 0.29) is 23.9 Å². The maximum absolute atomic E-state index is 13.0. The number of amides is 1. The van der Waals surface area contributed by atoms with Crippen molar-refractivity contribution >= 4 is 29.0 Å². The molecule has 1 aliphatic rings. The normalized spacial score (nSPS) is 14.4. The molecule has 0 aliphatic carbocycles. The highest BCUT2D eigenvalue weighted by Gasteiger charge is 2.31. The number of esters is 1. The van der Waals surface area contributed by atoms with Gasteiger partial charge < -0.3 is 19.9 Å². The number of nitrogens with zero attached hydrogens (tertiary/aromatic N) is 2. The number of carbonyl (C=O) groups excluding carboxylic acids is 3. The number of piperazine rings is 1. The molecular weight excluding hydrogens is 418 g/mol. The summed E-state index contributed by atoms with van der Waals surface area (Å²) in [5, 5.41) is 3.14. The monoisotopic (exact) mass is 449 g/mol. The second-order valence-electron chi connectivity index (χ2n) is 7.94. The molecule has 0 bridgehead atoms. The molecule has 0 unspecified atom stereocenters. The summed E-state index contributed by atoms with van der Waals surface area (Å²) in [7, 11) is 1.80. The van der Waals surface area contributed by atoms with Crippen LogP contribution in [0.4, 0.5) is 5.69 Å². The topological polar surface area (TPSA) is 79.0 Å². The van der Waals surface area contributed by atoms with Crippen LogP contribution in [0.2, 0.25) is 0 Å². The quantitative estimate of drug-likeness (QED) is 0.302. The molecule has 3 rings (SSSR count). The third-order valence-corrected chi connectivity index (χ3v) is 5.70. The number of ether oxygens (including phenoxy) is 1. The number of ketones is 1. The highest BCUT2D eigenvalue weighted by Crippen LogP contribution is 2.31. The number of carbonyl (C=O) groups is 3. The highest BCUT2D eigenvalue weighted by molar-refractivity contribution is 6.22. The van der Waals surface area contributed by atoms with E-state index in [0.29, 0.717) is 37.4 Å². The summed E-state index contributed by atoms with van der Waals surface area (Å²) < 4.78 is 5.23. The number of rotatable bonds is 7. The van der Waals surface area contributed by atoms with Gasteiger partial charge in [-0.1, -0.05) is 35.9 Å². The first-order valence-electron chi connectivity index (χ1n) is 11.2. The smallest absolute Gasteiger partial charge is 0.343 e. The van der Waals surface area contributed by atoms with Gasteiger partial charge in [0, 0.05) is 50.0 Å². The van der Waals surface area contributed by atoms with Crippen molar-refractivity contribution in [3.63, 3.8) is 0 Å². The fourth-order valence-electron chi connectivity index (χ4n) is 3.99. The maximum atomic E-state index is 13.0. The Labute approximate surface area is 195 Å². The first kappa shape index (κ1) is 24.0.